The largest absolute Gasteiger partial charge is 0.497 e. The van der Waals surface area contributed by atoms with Crippen LogP contribution in [-0.4, -0.2) is 35.1 Å². The Morgan fingerprint density at radius 3 is 2.87 bits per heavy atom. The number of anilines is 1. The minimum atomic E-state index is -0.454. The molecule has 1 aliphatic rings. The third-order valence-electron chi connectivity index (χ3n) is 5.19. The smallest absolute Gasteiger partial charge is 0.258 e. The number of hydrogen-bond acceptors (Lipinski definition) is 5. The zero-order valence-corrected chi connectivity index (χ0v) is 17.4. The second-order valence-electron chi connectivity index (χ2n) is 7.33. The van der Waals surface area contributed by atoms with Gasteiger partial charge in [-0.15, -0.1) is 0 Å². The van der Waals surface area contributed by atoms with Gasteiger partial charge in [-0.2, -0.15) is 0 Å². The van der Waals surface area contributed by atoms with Crippen molar-refractivity contribution in [2.75, 3.05) is 19.0 Å². The quantitative estimate of drug-likeness (QED) is 0.613. The van der Waals surface area contributed by atoms with Gasteiger partial charge in [0.1, 0.15) is 23.4 Å². The van der Waals surface area contributed by atoms with E-state index in [9.17, 15) is 9.59 Å². The molecule has 0 saturated carbocycles. The van der Waals surface area contributed by atoms with Crippen molar-refractivity contribution < 1.29 is 19.1 Å². The van der Waals surface area contributed by atoms with E-state index in [-0.39, 0.29) is 18.4 Å². The van der Waals surface area contributed by atoms with Gasteiger partial charge in [-0.25, -0.2) is 4.98 Å². The van der Waals surface area contributed by atoms with Crippen molar-refractivity contribution in [2.24, 2.45) is 7.05 Å². The first-order valence-electron chi connectivity index (χ1n) is 9.99. The molecule has 0 saturated heterocycles. The van der Waals surface area contributed by atoms with Gasteiger partial charge in [0.25, 0.3) is 5.91 Å². The molecule has 2 heterocycles. The number of carbonyl (C=O) groups is 2. The lowest BCUT2D eigenvalue weighted by molar-refractivity contribution is -0.123. The molecule has 1 aliphatic heterocycles. The lowest BCUT2D eigenvalue weighted by Gasteiger charge is -2.20. The number of fused-ring (bicyclic) bond motifs is 1. The maximum absolute atomic E-state index is 12.7. The molecule has 2 amide bonds. The van der Waals surface area contributed by atoms with Gasteiger partial charge in [0, 0.05) is 31.5 Å². The van der Waals surface area contributed by atoms with Crippen LogP contribution >= 0.6 is 0 Å². The van der Waals surface area contributed by atoms with Crippen molar-refractivity contribution in [3.8, 4) is 11.5 Å². The van der Waals surface area contributed by atoms with E-state index >= 15 is 0 Å². The number of methoxy groups -OCH3 is 1. The summed E-state index contributed by atoms with van der Waals surface area (Å²) < 4.78 is 12.9. The molecule has 160 valence electrons. The van der Waals surface area contributed by atoms with Gasteiger partial charge in [0.2, 0.25) is 5.91 Å². The summed E-state index contributed by atoms with van der Waals surface area (Å²) in [6.07, 6.45) is 4.62. The number of nitrogens with zero attached hydrogens (tertiary/aromatic N) is 2. The van der Waals surface area contributed by atoms with Crippen LogP contribution in [0.4, 0.5) is 5.69 Å². The Morgan fingerprint density at radius 1 is 1.23 bits per heavy atom. The average molecular weight is 420 g/mol. The standard InChI is InChI=1S/C23H24N4O4/c1-27-11-10-24-23(27)22(16-4-3-5-17(13-16)30-2)26-21(29)14-31-18-7-8-19-15(12-18)6-9-20(28)25-19/h3-5,7-8,10-13,22H,6,9,14H2,1-2H3,(H,25,28)(H,26,29). The maximum atomic E-state index is 12.7. The highest BCUT2D eigenvalue weighted by atomic mass is 16.5. The van der Waals surface area contributed by atoms with Gasteiger partial charge in [-0.1, -0.05) is 12.1 Å². The summed E-state index contributed by atoms with van der Waals surface area (Å²) in [5.41, 5.74) is 2.65. The van der Waals surface area contributed by atoms with Crippen molar-refractivity contribution in [2.45, 2.75) is 18.9 Å². The van der Waals surface area contributed by atoms with Crippen LogP contribution in [0.2, 0.25) is 0 Å². The number of hydrogen-bond donors (Lipinski definition) is 2. The number of ether oxygens (including phenoxy) is 2. The number of benzene rings is 2. The van der Waals surface area contributed by atoms with E-state index in [0.29, 0.717) is 30.2 Å². The topological polar surface area (TPSA) is 94.5 Å². The predicted molar refractivity (Wildman–Crippen MR) is 115 cm³/mol. The van der Waals surface area contributed by atoms with Crippen molar-refractivity contribution in [1.29, 1.82) is 0 Å². The summed E-state index contributed by atoms with van der Waals surface area (Å²) in [5, 5.41) is 5.84. The number of rotatable bonds is 7. The Morgan fingerprint density at radius 2 is 2.10 bits per heavy atom. The van der Waals surface area contributed by atoms with Gasteiger partial charge < -0.3 is 24.7 Å². The second kappa shape index (κ2) is 8.91. The predicted octanol–water partition coefficient (Wildman–Crippen LogP) is 2.60. The van der Waals surface area contributed by atoms with Crippen LogP contribution < -0.4 is 20.1 Å². The second-order valence-corrected chi connectivity index (χ2v) is 7.33. The third kappa shape index (κ3) is 4.69. The highest BCUT2D eigenvalue weighted by molar-refractivity contribution is 5.94. The molecule has 4 rings (SSSR count). The van der Waals surface area contributed by atoms with Crippen molar-refractivity contribution >= 4 is 17.5 Å². The van der Waals surface area contributed by atoms with Crippen molar-refractivity contribution in [1.82, 2.24) is 14.9 Å². The first-order valence-corrected chi connectivity index (χ1v) is 9.99. The summed E-state index contributed by atoms with van der Waals surface area (Å²) >= 11 is 0. The number of aromatic nitrogens is 2. The Labute approximate surface area is 180 Å². The number of amides is 2. The molecule has 8 heteroatoms. The van der Waals surface area contributed by atoms with Gasteiger partial charge in [-0.05, 0) is 47.9 Å². The van der Waals surface area contributed by atoms with E-state index in [0.717, 1.165) is 16.8 Å². The molecule has 0 fully saturated rings. The van der Waals surface area contributed by atoms with Crippen molar-refractivity contribution in [3.05, 3.63) is 71.8 Å². The summed E-state index contributed by atoms with van der Waals surface area (Å²) in [7, 11) is 3.48. The first kappa shape index (κ1) is 20.5. The normalized spacial score (nSPS) is 13.7. The van der Waals surface area contributed by atoms with E-state index < -0.39 is 6.04 Å². The molecule has 8 nitrogen and oxygen atoms in total. The van der Waals surface area contributed by atoms with E-state index in [1.54, 1.807) is 25.4 Å². The molecule has 1 atom stereocenters. The highest BCUT2D eigenvalue weighted by Crippen LogP contribution is 2.27. The Balaban J connectivity index is 1.47. The summed E-state index contributed by atoms with van der Waals surface area (Å²) in [6.45, 7) is -0.143. The van der Waals surface area contributed by atoms with E-state index in [4.69, 9.17) is 9.47 Å². The lowest BCUT2D eigenvalue weighted by atomic mass is 10.0. The Hall–Kier alpha value is -3.81. The van der Waals surface area contributed by atoms with Gasteiger partial charge in [-0.3, -0.25) is 9.59 Å². The monoisotopic (exact) mass is 420 g/mol. The van der Waals surface area contributed by atoms with Crippen LogP contribution in [0.3, 0.4) is 0 Å². The van der Waals surface area contributed by atoms with Crippen LogP contribution in [-0.2, 0) is 23.1 Å². The van der Waals surface area contributed by atoms with Crippen LogP contribution in [0.5, 0.6) is 11.5 Å². The zero-order chi connectivity index (χ0) is 21.8. The van der Waals surface area contributed by atoms with Gasteiger partial charge >= 0.3 is 0 Å². The van der Waals surface area contributed by atoms with E-state index in [1.165, 1.54) is 0 Å². The molecule has 0 radical (unpaired) electrons. The molecule has 3 aromatic rings. The van der Waals surface area contributed by atoms with Crippen LogP contribution in [0.15, 0.2) is 54.9 Å². The minimum absolute atomic E-state index is 0.0124. The van der Waals surface area contributed by atoms with Crippen LogP contribution in [0.1, 0.15) is 29.4 Å². The molecule has 2 aromatic carbocycles. The molecule has 0 spiro atoms. The Kier molecular flexibility index (Phi) is 5.88. The molecule has 0 aliphatic carbocycles. The minimum Gasteiger partial charge on any atom is -0.497 e. The summed E-state index contributed by atoms with van der Waals surface area (Å²) in [6, 6.07) is 12.5. The fraction of sp³-hybridized carbons (Fsp3) is 0.261. The van der Waals surface area contributed by atoms with Crippen molar-refractivity contribution in [3.63, 3.8) is 0 Å². The SMILES string of the molecule is COc1cccc(C(NC(=O)COc2ccc3c(c2)CCC(=O)N3)c2nccn2C)c1. The molecule has 31 heavy (non-hydrogen) atoms. The number of nitrogens with one attached hydrogen (secondary N) is 2. The van der Waals surface area contributed by atoms with E-state index in [1.807, 2.05) is 48.1 Å². The van der Waals surface area contributed by atoms with E-state index in [2.05, 4.69) is 15.6 Å². The van der Waals surface area contributed by atoms with Gasteiger partial charge in [0.15, 0.2) is 6.61 Å². The maximum Gasteiger partial charge on any atom is 0.258 e. The van der Waals surface area contributed by atoms with Crippen LogP contribution in [0.25, 0.3) is 0 Å². The van der Waals surface area contributed by atoms with Gasteiger partial charge in [0.05, 0.1) is 7.11 Å². The average Bonchev–Trinajstić information content (AvgIpc) is 3.21. The Bertz CT molecular complexity index is 1110. The fourth-order valence-electron chi connectivity index (χ4n) is 3.57. The third-order valence-corrected chi connectivity index (χ3v) is 5.19. The summed E-state index contributed by atoms with van der Waals surface area (Å²) in [5.74, 6) is 1.72. The molecule has 1 unspecified atom stereocenters. The lowest BCUT2D eigenvalue weighted by Crippen LogP contribution is -2.34. The number of carbonyl (C=O) groups excluding carboxylic acids is 2. The summed E-state index contributed by atoms with van der Waals surface area (Å²) in [4.78, 5) is 28.6. The number of imidazole rings is 1. The molecule has 2 N–H and O–H groups in total. The molecular formula is C23H24N4O4. The van der Waals surface area contributed by atoms with Crippen LogP contribution in [0, 0.1) is 0 Å². The zero-order valence-electron chi connectivity index (χ0n) is 17.4. The number of aryl methyl sites for hydroxylation is 2. The first-order chi connectivity index (χ1) is 15.0. The highest BCUT2D eigenvalue weighted by Gasteiger charge is 2.22. The molecule has 0 bridgehead atoms. The molecule has 1 aromatic heterocycles. The molecular weight excluding hydrogens is 396 g/mol. The fourth-order valence-corrected chi connectivity index (χ4v) is 3.57.